The van der Waals surface area contributed by atoms with Gasteiger partial charge in [0.2, 0.25) is 0 Å². The minimum Gasteiger partial charge on any atom is -0.338 e. The molecule has 0 radical (unpaired) electrons. The van der Waals surface area contributed by atoms with Gasteiger partial charge in [0.25, 0.3) is 5.91 Å². The Bertz CT molecular complexity index is 785. The number of amides is 1. The van der Waals surface area contributed by atoms with Crippen molar-refractivity contribution in [2.75, 3.05) is 0 Å². The number of carbonyl (C=O) groups is 1. The Morgan fingerprint density at radius 3 is 2.62 bits per heavy atom. The Morgan fingerprint density at radius 1 is 1.12 bits per heavy atom. The standard InChI is InChI=1S/C19H18N4O/c24-19(17-12-16(22-23-17)13-9-10-13)21-18(14-6-2-1-3-7-14)15-8-4-5-11-20-15/h1-8,11-13,18H,9-10H2,(H,21,24)(H,22,23). The molecule has 5 nitrogen and oxygen atoms in total. The minimum atomic E-state index is -0.305. The van der Waals surface area contributed by atoms with E-state index in [1.807, 2.05) is 54.6 Å². The molecule has 1 aliphatic carbocycles. The Labute approximate surface area is 140 Å². The fraction of sp³-hybridized carbons (Fsp3) is 0.211. The number of nitrogens with one attached hydrogen (secondary N) is 2. The second kappa shape index (κ2) is 6.28. The molecule has 0 saturated heterocycles. The number of H-pyrrole nitrogens is 1. The van der Waals surface area contributed by atoms with Gasteiger partial charge in [-0.2, -0.15) is 5.10 Å². The number of nitrogens with zero attached hydrogens (tertiary/aromatic N) is 2. The molecule has 4 rings (SSSR count). The van der Waals surface area contributed by atoms with Crippen molar-refractivity contribution in [2.45, 2.75) is 24.8 Å². The molecule has 5 heteroatoms. The molecule has 120 valence electrons. The maximum Gasteiger partial charge on any atom is 0.272 e. The second-order valence-electron chi connectivity index (χ2n) is 6.05. The first-order chi connectivity index (χ1) is 11.8. The van der Waals surface area contributed by atoms with Crippen molar-refractivity contribution in [2.24, 2.45) is 0 Å². The van der Waals surface area contributed by atoms with Gasteiger partial charge < -0.3 is 5.32 Å². The number of benzene rings is 1. The van der Waals surface area contributed by atoms with E-state index in [2.05, 4.69) is 20.5 Å². The van der Waals surface area contributed by atoms with Gasteiger partial charge in [-0.15, -0.1) is 0 Å². The molecular weight excluding hydrogens is 300 g/mol. The molecule has 1 aliphatic rings. The maximum atomic E-state index is 12.6. The number of aromatic nitrogens is 3. The van der Waals surface area contributed by atoms with Gasteiger partial charge in [-0.3, -0.25) is 14.9 Å². The first-order valence-corrected chi connectivity index (χ1v) is 8.13. The van der Waals surface area contributed by atoms with Crippen LogP contribution in [0.5, 0.6) is 0 Å². The van der Waals surface area contributed by atoms with E-state index >= 15 is 0 Å². The number of aromatic amines is 1. The smallest absolute Gasteiger partial charge is 0.272 e. The Morgan fingerprint density at radius 2 is 1.92 bits per heavy atom. The normalized spacial score (nSPS) is 15.0. The summed E-state index contributed by atoms with van der Waals surface area (Å²) in [5, 5.41) is 10.2. The van der Waals surface area contributed by atoms with Crippen LogP contribution in [0.15, 0.2) is 60.8 Å². The lowest BCUT2D eigenvalue weighted by atomic mass is 10.0. The van der Waals surface area contributed by atoms with Crippen LogP contribution in [0.2, 0.25) is 0 Å². The predicted molar refractivity (Wildman–Crippen MR) is 90.6 cm³/mol. The SMILES string of the molecule is O=C(NC(c1ccccc1)c1ccccn1)c1cc(C2CC2)[nH]n1. The molecule has 1 aromatic carbocycles. The topological polar surface area (TPSA) is 70.7 Å². The summed E-state index contributed by atoms with van der Waals surface area (Å²) in [6.07, 6.45) is 4.07. The van der Waals surface area contributed by atoms with Crippen LogP contribution in [-0.2, 0) is 0 Å². The van der Waals surface area contributed by atoms with Gasteiger partial charge in [0.15, 0.2) is 0 Å². The molecule has 2 N–H and O–H groups in total. The van der Waals surface area contributed by atoms with Crippen LogP contribution in [0.25, 0.3) is 0 Å². The fourth-order valence-electron chi connectivity index (χ4n) is 2.78. The highest BCUT2D eigenvalue weighted by molar-refractivity contribution is 5.92. The van der Waals surface area contributed by atoms with Gasteiger partial charge in [-0.05, 0) is 36.6 Å². The van der Waals surface area contributed by atoms with E-state index in [1.165, 1.54) is 12.8 Å². The molecule has 3 aromatic rings. The third-order valence-electron chi connectivity index (χ3n) is 4.24. The van der Waals surface area contributed by atoms with Crippen molar-refractivity contribution in [3.8, 4) is 0 Å². The lowest BCUT2D eigenvalue weighted by Crippen LogP contribution is -2.30. The average molecular weight is 318 g/mol. The van der Waals surface area contributed by atoms with Crippen molar-refractivity contribution in [3.63, 3.8) is 0 Å². The zero-order chi connectivity index (χ0) is 16.4. The number of carbonyl (C=O) groups excluding carboxylic acids is 1. The lowest BCUT2D eigenvalue weighted by molar-refractivity contribution is 0.0937. The molecule has 24 heavy (non-hydrogen) atoms. The van der Waals surface area contributed by atoms with Crippen molar-refractivity contribution in [1.82, 2.24) is 20.5 Å². The van der Waals surface area contributed by atoms with Crippen molar-refractivity contribution in [1.29, 1.82) is 0 Å². The third kappa shape index (κ3) is 3.06. The third-order valence-corrected chi connectivity index (χ3v) is 4.24. The summed E-state index contributed by atoms with van der Waals surface area (Å²) in [4.78, 5) is 17.0. The van der Waals surface area contributed by atoms with Crippen LogP contribution >= 0.6 is 0 Å². The van der Waals surface area contributed by atoms with Crippen molar-refractivity contribution in [3.05, 3.63) is 83.4 Å². The molecule has 1 saturated carbocycles. The summed E-state index contributed by atoms with van der Waals surface area (Å²) in [6, 6.07) is 17.1. The van der Waals surface area contributed by atoms with Gasteiger partial charge >= 0.3 is 0 Å². The number of hydrogen-bond acceptors (Lipinski definition) is 3. The van der Waals surface area contributed by atoms with Crippen molar-refractivity contribution >= 4 is 5.91 Å². The summed E-state index contributed by atoms with van der Waals surface area (Å²) in [7, 11) is 0. The quantitative estimate of drug-likeness (QED) is 0.759. The molecule has 2 heterocycles. The molecule has 0 bridgehead atoms. The number of pyridine rings is 1. The maximum absolute atomic E-state index is 12.6. The first-order valence-electron chi connectivity index (χ1n) is 8.13. The van der Waals surface area contributed by atoms with Crippen LogP contribution in [0.3, 0.4) is 0 Å². The molecule has 1 amide bonds. The second-order valence-corrected chi connectivity index (χ2v) is 6.05. The van der Waals surface area contributed by atoms with E-state index in [0.29, 0.717) is 11.6 Å². The van der Waals surface area contributed by atoms with Crippen LogP contribution in [-0.4, -0.2) is 21.1 Å². The van der Waals surface area contributed by atoms with Gasteiger partial charge in [-0.25, -0.2) is 0 Å². The zero-order valence-electron chi connectivity index (χ0n) is 13.1. The largest absolute Gasteiger partial charge is 0.338 e. The van der Waals surface area contributed by atoms with Crippen LogP contribution < -0.4 is 5.32 Å². The Hall–Kier alpha value is -2.95. The van der Waals surface area contributed by atoms with E-state index in [0.717, 1.165) is 17.0 Å². The summed E-state index contributed by atoms with van der Waals surface area (Å²) >= 11 is 0. The average Bonchev–Trinajstić information content (AvgIpc) is 3.38. The summed E-state index contributed by atoms with van der Waals surface area (Å²) in [6.45, 7) is 0. The highest BCUT2D eigenvalue weighted by Crippen LogP contribution is 2.39. The lowest BCUT2D eigenvalue weighted by Gasteiger charge is -2.18. The minimum absolute atomic E-state index is 0.197. The summed E-state index contributed by atoms with van der Waals surface area (Å²) < 4.78 is 0. The highest BCUT2D eigenvalue weighted by atomic mass is 16.2. The molecular formula is C19H18N4O. The predicted octanol–water partition coefficient (Wildman–Crippen LogP) is 3.20. The van der Waals surface area contributed by atoms with Gasteiger partial charge in [0, 0.05) is 17.8 Å². The van der Waals surface area contributed by atoms with Crippen LogP contribution in [0, 0.1) is 0 Å². The van der Waals surface area contributed by atoms with Crippen molar-refractivity contribution < 1.29 is 4.79 Å². The van der Waals surface area contributed by atoms with Crippen LogP contribution in [0.1, 0.15) is 52.2 Å². The Balaban J connectivity index is 1.60. The molecule has 1 unspecified atom stereocenters. The molecule has 0 spiro atoms. The Kier molecular flexibility index (Phi) is 3.83. The molecule has 1 atom stereocenters. The summed E-state index contributed by atoms with van der Waals surface area (Å²) in [5.74, 6) is 0.345. The van der Waals surface area contributed by atoms with E-state index in [-0.39, 0.29) is 11.9 Å². The molecule has 0 aliphatic heterocycles. The zero-order valence-corrected chi connectivity index (χ0v) is 13.1. The highest BCUT2D eigenvalue weighted by Gasteiger charge is 2.27. The van der Waals surface area contributed by atoms with E-state index < -0.39 is 0 Å². The first kappa shape index (κ1) is 14.6. The molecule has 1 fully saturated rings. The summed E-state index contributed by atoms with van der Waals surface area (Å²) in [5.41, 5.74) is 3.26. The van der Waals surface area contributed by atoms with E-state index in [9.17, 15) is 4.79 Å². The van der Waals surface area contributed by atoms with Crippen LogP contribution in [0.4, 0.5) is 0 Å². The number of rotatable bonds is 5. The van der Waals surface area contributed by atoms with Gasteiger partial charge in [0.1, 0.15) is 5.69 Å². The monoisotopic (exact) mass is 318 g/mol. The fourth-order valence-corrected chi connectivity index (χ4v) is 2.78. The molecule has 2 aromatic heterocycles. The van der Waals surface area contributed by atoms with Gasteiger partial charge in [-0.1, -0.05) is 36.4 Å². The van der Waals surface area contributed by atoms with E-state index in [4.69, 9.17) is 0 Å². The number of hydrogen-bond donors (Lipinski definition) is 2. The van der Waals surface area contributed by atoms with E-state index in [1.54, 1.807) is 6.20 Å². The van der Waals surface area contributed by atoms with Gasteiger partial charge in [0.05, 0.1) is 11.7 Å².